The van der Waals surface area contributed by atoms with Crippen LogP contribution in [0.2, 0.25) is 0 Å². The Hall–Kier alpha value is -4.48. The first-order valence-electron chi connectivity index (χ1n) is 24.0. The van der Waals surface area contributed by atoms with Crippen molar-refractivity contribution in [3.05, 3.63) is 158 Å². The van der Waals surface area contributed by atoms with E-state index in [9.17, 15) is 9.59 Å². The highest BCUT2D eigenvalue weighted by Gasteiger charge is 2.17. The molecule has 0 bridgehead atoms. The molecule has 344 valence electrons. The SMILES string of the molecule is CC/C=C\C/C=C\C/C=C\C/C=C\C/C=C\CCCC(=O)OCC(COCC/C=C\C/C=C\C/C=C\C/C=C\C/C=C\CC)OC(=O)CCCCC/C=C\C/C=C\C/C=C\CC. The van der Waals surface area contributed by atoms with Crippen molar-refractivity contribution in [1.29, 1.82) is 0 Å². The highest BCUT2D eigenvalue weighted by molar-refractivity contribution is 5.70. The van der Waals surface area contributed by atoms with Gasteiger partial charge in [0.1, 0.15) is 6.61 Å². The molecule has 0 saturated carbocycles. The Kier molecular flexibility index (Phi) is 47.2. The van der Waals surface area contributed by atoms with Crippen LogP contribution in [0.25, 0.3) is 0 Å². The normalized spacial score (nSPS) is 13.7. The molecule has 0 aromatic heterocycles. The van der Waals surface area contributed by atoms with Gasteiger partial charge in [0.15, 0.2) is 6.10 Å². The molecule has 0 aliphatic heterocycles. The fraction of sp³-hybridized carbons (Fsp3) is 0.509. The largest absolute Gasteiger partial charge is 0.462 e. The zero-order valence-electron chi connectivity index (χ0n) is 39.3. The quantitative estimate of drug-likeness (QED) is 0.0348. The van der Waals surface area contributed by atoms with Crippen LogP contribution < -0.4 is 0 Å². The smallest absolute Gasteiger partial charge is 0.306 e. The number of allylic oxidation sites excluding steroid dienone is 25. The van der Waals surface area contributed by atoms with Gasteiger partial charge in [0.25, 0.3) is 0 Å². The molecule has 0 aliphatic rings. The first-order chi connectivity index (χ1) is 30.6. The molecular weight excluding hydrogens is 765 g/mol. The second kappa shape index (κ2) is 50.9. The van der Waals surface area contributed by atoms with Crippen molar-refractivity contribution in [2.75, 3.05) is 19.8 Å². The van der Waals surface area contributed by atoms with Gasteiger partial charge < -0.3 is 14.2 Å². The first kappa shape index (κ1) is 57.5. The van der Waals surface area contributed by atoms with Crippen LogP contribution in [0.5, 0.6) is 0 Å². The Morgan fingerprint density at radius 1 is 0.355 bits per heavy atom. The average Bonchev–Trinajstić information content (AvgIpc) is 3.27. The molecule has 0 aliphatic carbocycles. The minimum Gasteiger partial charge on any atom is -0.462 e. The van der Waals surface area contributed by atoms with E-state index in [0.717, 1.165) is 122 Å². The van der Waals surface area contributed by atoms with Crippen LogP contribution in [0.1, 0.15) is 162 Å². The third-order valence-electron chi connectivity index (χ3n) is 9.06. The number of esters is 2. The van der Waals surface area contributed by atoms with Crippen LogP contribution >= 0.6 is 0 Å². The molecule has 1 unspecified atom stereocenters. The summed E-state index contributed by atoms with van der Waals surface area (Å²) in [6, 6.07) is 0. The summed E-state index contributed by atoms with van der Waals surface area (Å²) in [5.74, 6) is -0.558. The summed E-state index contributed by atoms with van der Waals surface area (Å²) >= 11 is 0. The molecule has 0 rings (SSSR count). The van der Waals surface area contributed by atoms with Crippen molar-refractivity contribution < 1.29 is 23.8 Å². The highest BCUT2D eigenvalue weighted by Crippen LogP contribution is 2.09. The van der Waals surface area contributed by atoms with E-state index < -0.39 is 6.10 Å². The number of carbonyl (C=O) groups is 2. The van der Waals surface area contributed by atoms with Gasteiger partial charge >= 0.3 is 11.9 Å². The first-order valence-corrected chi connectivity index (χ1v) is 24.0. The summed E-state index contributed by atoms with van der Waals surface area (Å²) < 4.78 is 17.2. The van der Waals surface area contributed by atoms with E-state index in [1.165, 1.54) is 0 Å². The lowest BCUT2D eigenvalue weighted by Crippen LogP contribution is -2.30. The van der Waals surface area contributed by atoms with Crippen LogP contribution in [-0.2, 0) is 23.8 Å². The third kappa shape index (κ3) is 48.2. The lowest BCUT2D eigenvalue weighted by Gasteiger charge is -2.18. The molecule has 5 nitrogen and oxygen atoms in total. The van der Waals surface area contributed by atoms with E-state index in [0.29, 0.717) is 25.9 Å². The van der Waals surface area contributed by atoms with Gasteiger partial charge in [0.2, 0.25) is 0 Å². The maximum absolute atomic E-state index is 12.7. The number of unbranched alkanes of at least 4 members (excludes halogenated alkanes) is 4. The second-order valence-corrected chi connectivity index (χ2v) is 14.9. The van der Waals surface area contributed by atoms with Crippen LogP contribution in [0, 0.1) is 0 Å². The van der Waals surface area contributed by atoms with Gasteiger partial charge in [0.05, 0.1) is 13.2 Å². The van der Waals surface area contributed by atoms with Crippen molar-refractivity contribution in [3.63, 3.8) is 0 Å². The number of hydrogen-bond acceptors (Lipinski definition) is 5. The standard InChI is InChI=1S/C57H86O5/c1-4-7-10-13-16-19-22-25-27-29-30-33-35-38-41-44-47-50-56(58)61-54-55(62-57(59)51-48-45-42-39-36-32-24-21-18-15-12-9-6-3)53-60-52-49-46-43-40-37-34-31-28-26-23-20-17-14-11-8-5-2/h7-12,16-21,25-28,30,32-34,36-38,41,43,46,55H,4-6,13-15,22-24,29,31,35,39-40,42,44-45,47-54H2,1-3H3/b10-7-,11-8-,12-9-,19-16-,20-17-,21-18-,27-25-,28-26-,33-30-,36-32-,37-34-,41-38-,46-43-. The van der Waals surface area contributed by atoms with Crippen LogP contribution in [-0.4, -0.2) is 37.9 Å². The molecule has 0 amide bonds. The monoisotopic (exact) mass is 851 g/mol. The zero-order chi connectivity index (χ0) is 44.9. The minimum absolute atomic E-state index is 0.00203. The third-order valence-corrected chi connectivity index (χ3v) is 9.06. The van der Waals surface area contributed by atoms with Crippen LogP contribution in [0.4, 0.5) is 0 Å². The van der Waals surface area contributed by atoms with E-state index in [2.05, 4.69) is 179 Å². The summed E-state index contributed by atoms with van der Waals surface area (Å²) in [6.07, 6.45) is 75.6. The molecular formula is C57H86O5. The predicted octanol–water partition coefficient (Wildman–Crippen LogP) is 16.3. The lowest BCUT2D eigenvalue weighted by atomic mass is 10.1. The number of hydrogen-bond donors (Lipinski definition) is 0. The Morgan fingerprint density at radius 2 is 0.694 bits per heavy atom. The highest BCUT2D eigenvalue weighted by atomic mass is 16.6. The van der Waals surface area contributed by atoms with Gasteiger partial charge in [-0.05, 0) is 122 Å². The molecule has 0 aromatic rings. The summed E-state index contributed by atoms with van der Waals surface area (Å²) in [5.41, 5.74) is 0. The maximum Gasteiger partial charge on any atom is 0.306 e. The Balaban J connectivity index is 4.56. The Labute approximate surface area is 380 Å². The van der Waals surface area contributed by atoms with E-state index in [1.807, 2.05) is 0 Å². The van der Waals surface area contributed by atoms with E-state index in [1.54, 1.807) is 0 Å². The number of carbonyl (C=O) groups excluding carboxylic acids is 2. The number of rotatable bonds is 41. The molecule has 0 spiro atoms. The molecule has 1 atom stereocenters. The fourth-order valence-electron chi connectivity index (χ4n) is 5.62. The summed E-state index contributed by atoms with van der Waals surface area (Å²) in [7, 11) is 0. The van der Waals surface area contributed by atoms with Gasteiger partial charge in [-0.1, -0.05) is 185 Å². The van der Waals surface area contributed by atoms with Gasteiger partial charge in [-0.2, -0.15) is 0 Å². The lowest BCUT2D eigenvalue weighted by molar-refractivity contribution is -0.162. The minimum atomic E-state index is -0.626. The molecule has 0 fully saturated rings. The Morgan fingerprint density at radius 3 is 1.10 bits per heavy atom. The van der Waals surface area contributed by atoms with Gasteiger partial charge in [-0.25, -0.2) is 0 Å². The second-order valence-electron chi connectivity index (χ2n) is 14.9. The molecule has 0 saturated heterocycles. The van der Waals surface area contributed by atoms with Crippen LogP contribution in [0.3, 0.4) is 0 Å². The fourth-order valence-corrected chi connectivity index (χ4v) is 5.62. The van der Waals surface area contributed by atoms with E-state index in [-0.39, 0.29) is 25.2 Å². The van der Waals surface area contributed by atoms with Crippen molar-refractivity contribution in [2.24, 2.45) is 0 Å². The van der Waals surface area contributed by atoms with Gasteiger partial charge in [0, 0.05) is 12.8 Å². The average molecular weight is 851 g/mol. The van der Waals surface area contributed by atoms with Gasteiger partial charge in [-0.3, -0.25) is 9.59 Å². The zero-order valence-corrected chi connectivity index (χ0v) is 39.3. The summed E-state index contributed by atoms with van der Waals surface area (Å²) in [4.78, 5) is 25.3. The van der Waals surface area contributed by atoms with Crippen molar-refractivity contribution >= 4 is 11.9 Å². The van der Waals surface area contributed by atoms with E-state index in [4.69, 9.17) is 14.2 Å². The summed E-state index contributed by atoms with van der Waals surface area (Å²) in [6.45, 7) is 7.14. The molecule has 62 heavy (non-hydrogen) atoms. The predicted molar refractivity (Wildman–Crippen MR) is 269 cm³/mol. The van der Waals surface area contributed by atoms with E-state index >= 15 is 0 Å². The van der Waals surface area contributed by atoms with Crippen molar-refractivity contribution in [2.45, 2.75) is 168 Å². The molecule has 0 N–H and O–H groups in total. The van der Waals surface area contributed by atoms with Crippen molar-refractivity contribution in [1.82, 2.24) is 0 Å². The topological polar surface area (TPSA) is 61.8 Å². The summed E-state index contributed by atoms with van der Waals surface area (Å²) in [5, 5.41) is 0. The molecule has 0 aromatic carbocycles. The van der Waals surface area contributed by atoms with Gasteiger partial charge in [-0.15, -0.1) is 0 Å². The number of ether oxygens (including phenoxy) is 3. The molecule has 5 heteroatoms. The molecule has 0 heterocycles. The maximum atomic E-state index is 12.7. The Bertz CT molecular complexity index is 1420. The molecule has 0 radical (unpaired) electrons. The van der Waals surface area contributed by atoms with Crippen LogP contribution in [0.15, 0.2) is 158 Å². The van der Waals surface area contributed by atoms with Crippen molar-refractivity contribution in [3.8, 4) is 0 Å².